The van der Waals surface area contributed by atoms with Gasteiger partial charge >= 0.3 is 0 Å². The molecule has 6 nitrogen and oxygen atoms in total. The van der Waals surface area contributed by atoms with Gasteiger partial charge in [-0.1, -0.05) is 37.5 Å². The first kappa shape index (κ1) is 18.3. The Morgan fingerprint density at radius 3 is 2.52 bits per heavy atom. The van der Waals surface area contributed by atoms with E-state index < -0.39 is 16.0 Å². The monoisotopic (exact) mass is 369 g/mol. The first-order valence-electron chi connectivity index (χ1n) is 8.75. The number of carbonyl (C=O) groups excluding carboxylic acids is 1. The molecule has 0 spiro atoms. The van der Waals surface area contributed by atoms with E-state index in [2.05, 4.69) is 5.32 Å². The van der Waals surface area contributed by atoms with Crippen molar-refractivity contribution in [2.45, 2.75) is 44.7 Å². The van der Waals surface area contributed by atoms with E-state index in [4.69, 9.17) is 0 Å². The van der Waals surface area contributed by atoms with Crippen molar-refractivity contribution < 1.29 is 17.6 Å². The Morgan fingerprint density at radius 2 is 1.80 bits per heavy atom. The van der Waals surface area contributed by atoms with Crippen molar-refractivity contribution in [1.29, 1.82) is 0 Å². The van der Waals surface area contributed by atoms with Gasteiger partial charge in [0.05, 0.1) is 6.54 Å². The van der Waals surface area contributed by atoms with Crippen LogP contribution in [0.1, 0.15) is 37.7 Å². The zero-order valence-corrected chi connectivity index (χ0v) is 15.0. The highest BCUT2D eigenvalue weighted by atomic mass is 32.2. The Kier molecular flexibility index (Phi) is 5.71. The van der Waals surface area contributed by atoms with Gasteiger partial charge in [-0.05, 0) is 18.9 Å². The van der Waals surface area contributed by atoms with Crippen molar-refractivity contribution in [2.75, 3.05) is 19.6 Å². The van der Waals surface area contributed by atoms with Crippen LogP contribution in [0.3, 0.4) is 0 Å². The first-order chi connectivity index (χ1) is 12.0. The molecule has 0 radical (unpaired) electrons. The summed E-state index contributed by atoms with van der Waals surface area (Å²) >= 11 is 0. The van der Waals surface area contributed by atoms with Crippen molar-refractivity contribution in [3.63, 3.8) is 0 Å². The molecule has 0 bridgehead atoms. The second-order valence-corrected chi connectivity index (χ2v) is 8.60. The molecule has 1 saturated carbocycles. The van der Waals surface area contributed by atoms with Crippen LogP contribution in [0, 0.1) is 5.82 Å². The van der Waals surface area contributed by atoms with Crippen molar-refractivity contribution in [3.05, 3.63) is 35.6 Å². The summed E-state index contributed by atoms with van der Waals surface area (Å²) in [6.07, 6.45) is 5.31. The molecule has 2 fully saturated rings. The summed E-state index contributed by atoms with van der Waals surface area (Å²) in [5.74, 6) is -0.686. The predicted octanol–water partition coefficient (Wildman–Crippen LogP) is 1.64. The quantitative estimate of drug-likeness (QED) is 0.858. The molecule has 1 aromatic rings. The van der Waals surface area contributed by atoms with Crippen molar-refractivity contribution in [2.24, 2.45) is 0 Å². The van der Waals surface area contributed by atoms with Gasteiger partial charge in [0, 0.05) is 31.2 Å². The van der Waals surface area contributed by atoms with E-state index >= 15 is 0 Å². The Balaban J connectivity index is 1.58. The van der Waals surface area contributed by atoms with E-state index in [-0.39, 0.29) is 38.1 Å². The number of amides is 1. The molecule has 1 aromatic carbocycles. The molecule has 3 rings (SSSR count). The van der Waals surface area contributed by atoms with E-state index in [1.165, 1.54) is 21.1 Å². The normalized spacial score (nSPS) is 22.1. The maximum Gasteiger partial charge on any atom is 0.282 e. The first-order valence-corrected chi connectivity index (χ1v) is 10.1. The number of rotatable bonds is 5. The SMILES string of the molecule is O=C(CN1CCN(Cc2ccccc2F)S1(=O)=O)NC1CCCCC1. The van der Waals surface area contributed by atoms with Crippen LogP contribution in [0.2, 0.25) is 0 Å². The van der Waals surface area contributed by atoms with Gasteiger partial charge in [0.15, 0.2) is 0 Å². The van der Waals surface area contributed by atoms with Crippen LogP contribution in [0.5, 0.6) is 0 Å². The maximum absolute atomic E-state index is 13.8. The van der Waals surface area contributed by atoms with Crippen LogP contribution in [0.25, 0.3) is 0 Å². The van der Waals surface area contributed by atoms with Gasteiger partial charge in [-0.25, -0.2) is 4.39 Å². The zero-order chi connectivity index (χ0) is 17.9. The summed E-state index contributed by atoms with van der Waals surface area (Å²) in [7, 11) is -3.74. The number of halogens is 1. The van der Waals surface area contributed by atoms with Crippen molar-refractivity contribution >= 4 is 16.1 Å². The van der Waals surface area contributed by atoms with Gasteiger partial charge in [0.25, 0.3) is 10.2 Å². The fourth-order valence-electron chi connectivity index (χ4n) is 3.44. The molecular weight excluding hydrogens is 345 g/mol. The number of hydrogen-bond donors (Lipinski definition) is 1. The van der Waals surface area contributed by atoms with E-state index in [9.17, 15) is 17.6 Å². The van der Waals surface area contributed by atoms with Crippen LogP contribution < -0.4 is 5.32 Å². The summed E-state index contributed by atoms with van der Waals surface area (Å²) in [4.78, 5) is 12.2. The molecule has 8 heteroatoms. The molecular formula is C17H24FN3O3S. The molecule has 1 heterocycles. The fraction of sp³-hybridized carbons (Fsp3) is 0.588. The number of carbonyl (C=O) groups is 1. The highest BCUT2D eigenvalue weighted by Crippen LogP contribution is 2.21. The van der Waals surface area contributed by atoms with Gasteiger partial charge in [-0.3, -0.25) is 4.79 Å². The summed E-state index contributed by atoms with van der Waals surface area (Å²) < 4.78 is 41.3. The summed E-state index contributed by atoms with van der Waals surface area (Å²) in [6.45, 7) is 0.310. The molecule has 1 saturated heterocycles. The second kappa shape index (κ2) is 7.80. The van der Waals surface area contributed by atoms with Crippen LogP contribution in [-0.4, -0.2) is 48.6 Å². The van der Waals surface area contributed by atoms with Crippen molar-refractivity contribution in [3.8, 4) is 0 Å². The highest BCUT2D eigenvalue weighted by Gasteiger charge is 2.38. The molecule has 1 amide bonds. The largest absolute Gasteiger partial charge is 0.352 e. The van der Waals surface area contributed by atoms with Crippen LogP contribution in [-0.2, 0) is 21.5 Å². The Bertz CT molecular complexity index is 720. The second-order valence-electron chi connectivity index (χ2n) is 6.67. The maximum atomic E-state index is 13.8. The zero-order valence-electron chi connectivity index (χ0n) is 14.2. The van der Waals surface area contributed by atoms with Gasteiger partial charge in [0.1, 0.15) is 5.82 Å². The molecule has 2 aliphatic rings. The minimum atomic E-state index is -3.74. The average molecular weight is 369 g/mol. The average Bonchev–Trinajstić information content (AvgIpc) is 2.85. The minimum Gasteiger partial charge on any atom is -0.352 e. The Morgan fingerprint density at radius 1 is 1.12 bits per heavy atom. The van der Waals surface area contributed by atoms with Crippen molar-refractivity contribution in [1.82, 2.24) is 13.9 Å². The third kappa shape index (κ3) is 4.37. The molecule has 1 N–H and O–H groups in total. The van der Waals surface area contributed by atoms with E-state index in [1.807, 2.05) is 0 Å². The van der Waals surface area contributed by atoms with Crippen LogP contribution >= 0.6 is 0 Å². The third-order valence-electron chi connectivity index (χ3n) is 4.85. The van der Waals surface area contributed by atoms with Crippen LogP contribution in [0.4, 0.5) is 4.39 Å². The smallest absolute Gasteiger partial charge is 0.282 e. The van der Waals surface area contributed by atoms with Gasteiger partial charge in [0.2, 0.25) is 5.91 Å². The predicted molar refractivity (Wildman–Crippen MR) is 92.3 cm³/mol. The highest BCUT2D eigenvalue weighted by molar-refractivity contribution is 7.87. The van der Waals surface area contributed by atoms with E-state index in [1.54, 1.807) is 18.2 Å². The lowest BCUT2D eigenvalue weighted by Gasteiger charge is -2.24. The van der Waals surface area contributed by atoms with Gasteiger partial charge in [-0.15, -0.1) is 0 Å². The third-order valence-corrected chi connectivity index (χ3v) is 6.77. The van der Waals surface area contributed by atoms with Crippen LogP contribution in [0.15, 0.2) is 24.3 Å². The Labute approximate surface area is 148 Å². The molecule has 0 aromatic heterocycles. The number of benzene rings is 1. The molecule has 0 atom stereocenters. The molecule has 138 valence electrons. The lowest BCUT2D eigenvalue weighted by atomic mass is 9.95. The summed E-state index contributed by atoms with van der Waals surface area (Å²) in [5, 5.41) is 2.93. The lowest BCUT2D eigenvalue weighted by molar-refractivity contribution is -0.122. The van der Waals surface area contributed by atoms with Gasteiger partial charge < -0.3 is 5.32 Å². The topological polar surface area (TPSA) is 69.7 Å². The molecule has 0 unspecified atom stereocenters. The summed E-state index contributed by atoms with van der Waals surface area (Å²) in [5.41, 5.74) is 0.333. The standard InChI is InChI=1S/C17H24FN3O3S/c18-16-9-5-4-6-14(16)12-20-10-11-21(25(20,23)24)13-17(22)19-15-7-2-1-3-8-15/h4-6,9,15H,1-3,7-8,10-13H2,(H,19,22). The van der Waals surface area contributed by atoms with Gasteiger partial charge in [-0.2, -0.15) is 17.0 Å². The molecule has 1 aliphatic heterocycles. The molecule has 25 heavy (non-hydrogen) atoms. The lowest BCUT2D eigenvalue weighted by Crippen LogP contribution is -2.44. The number of nitrogens with one attached hydrogen (secondary N) is 1. The number of nitrogens with zero attached hydrogens (tertiary/aromatic N) is 2. The fourth-order valence-corrected chi connectivity index (χ4v) is 4.97. The summed E-state index contributed by atoms with van der Waals surface area (Å²) in [6, 6.07) is 6.29. The molecule has 1 aliphatic carbocycles. The minimum absolute atomic E-state index is 0.0181. The van der Waals surface area contributed by atoms with E-state index in [0.29, 0.717) is 5.56 Å². The Hall–Kier alpha value is -1.51. The number of hydrogen-bond acceptors (Lipinski definition) is 3. The van der Waals surface area contributed by atoms with E-state index in [0.717, 1.165) is 25.7 Å².